The summed E-state index contributed by atoms with van der Waals surface area (Å²) >= 11 is 0. The number of aromatic nitrogens is 2. The lowest BCUT2D eigenvalue weighted by Crippen LogP contribution is -2.36. The van der Waals surface area contributed by atoms with Crippen molar-refractivity contribution in [1.82, 2.24) is 15.5 Å². The van der Waals surface area contributed by atoms with Gasteiger partial charge < -0.3 is 5.32 Å². The van der Waals surface area contributed by atoms with Crippen LogP contribution in [0.1, 0.15) is 31.2 Å². The number of amides is 2. The molecule has 15 heavy (non-hydrogen) atoms. The van der Waals surface area contributed by atoms with E-state index in [1.54, 1.807) is 6.20 Å². The Kier molecular flexibility index (Phi) is 2.89. The van der Waals surface area contributed by atoms with Gasteiger partial charge in [0.2, 0.25) is 0 Å². The lowest BCUT2D eigenvalue weighted by Gasteiger charge is -2.12. The molecule has 0 unspecified atom stereocenters. The Bertz CT molecular complexity index is 341. The molecule has 1 aromatic rings. The zero-order valence-corrected chi connectivity index (χ0v) is 8.84. The highest BCUT2D eigenvalue weighted by Gasteiger charge is 2.17. The van der Waals surface area contributed by atoms with Crippen molar-refractivity contribution in [2.75, 3.05) is 5.32 Å². The van der Waals surface area contributed by atoms with Gasteiger partial charge in [-0.15, -0.1) is 0 Å². The smallest absolute Gasteiger partial charge is 0.320 e. The van der Waals surface area contributed by atoms with Gasteiger partial charge in [0.15, 0.2) is 0 Å². The molecular formula is C10H16N4O. The minimum atomic E-state index is -0.144. The van der Waals surface area contributed by atoms with Crippen LogP contribution in [0.2, 0.25) is 0 Å². The van der Waals surface area contributed by atoms with Crippen LogP contribution in [0.15, 0.2) is 6.20 Å². The van der Waals surface area contributed by atoms with Crippen LogP contribution in [0, 0.1) is 6.92 Å². The molecular weight excluding hydrogens is 192 g/mol. The Morgan fingerprint density at radius 1 is 1.53 bits per heavy atom. The van der Waals surface area contributed by atoms with Crippen molar-refractivity contribution in [2.24, 2.45) is 0 Å². The van der Waals surface area contributed by atoms with Gasteiger partial charge in [-0.2, -0.15) is 5.10 Å². The zero-order chi connectivity index (χ0) is 10.7. The van der Waals surface area contributed by atoms with Crippen LogP contribution < -0.4 is 10.6 Å². The Balaban J connectivity index is 1.84. The maximum absolute atomic E-state index is 11.5. The number of nitrogens with zero attached hydrogens (tertiary/aromatic N) is 1. The van der Waals surface area contributed by atoms with Gasteiger partial charge in [0.1, 0.15) is 5.82 Å². The molecule has 1 fully saturated rings. The van der Waals surface area contributed by atoms with Gasteiger partial charge in [0, 0.05) is 11.6 Å². The summed E-state index contributed by atoms with van der Waals surface area (Å²) in [6.45, 7) is 1.90. The molecule has 82 valence electrons. The average molecular weight is 208 g/mol. The van der Waals surface area contributed by atoms with E-state index in [0.717, 1.165) is 18.4 Å². The number of urea groups is 1. The third-order valence-corrected chi connectivity index (χ3v) is 2.76. The van der Waals surface area contributed by atoms with Crippen molar-refractivity contribution in [3.8, 4) is 0 Å². The molecule has 1 saturated carbocycles. The van der Waals surface area contributed by atoms with Gasteiger partial charge in [-0.1, -0.05) is 12.8 Å². The second-order valence-corrected chi connectivity index (χ2v) is 4.01. The van der Waals surface area contributed by atoms with Gasteiger partial charge in [-0.3, -0.25) is 10.4 Å². The van der Waals surface area contributed by atoms with Crippen molar-refractivity contribution < 1.29 is 4.79 Å². The first-order valence-corrected chi connectivity index (χ1v) is 5.33. The second-order valence-electron chi connectivity index (χ2n) is 4.01. The van der Waals surface area contributed by atoms with Crippen molar-refractivity contribution in [3.05, 3.63) is 11.8 Å². The molecule has 3 N–H and O–H groups in total. The first-order chi connectivity index (χ1) is 7.25. The largest absolute Gasteiger partial charge is 0.335 e. The summed E-state index contributed by atoms with van der Waals surface area (Å²) in [4.78, 5) is 11.5. The van der Waals surface area contributed by atoms with Gasteiger partial charge in [-0.25, -0.2) is 4.79 Å². The molecule has 2 amide bonds. The minimum absolute atomic E-state index is 0.144. The van der Waals surface area contributed by atoms with Gasteiger partial charge in [0.25, 0.3) is 0 Å². The lowest BCUT2D eigenvalue weighted by molar-refractivity contribution is 0.248. The van der Waals surface area contributed by atoms with Gasteiger partial charge in [-0.05, 0) is 19.8 Å². The van der Waals surface area contributed by atoms with E-state index >= 15 is 0 Å². The van der Waals surface area contributed by atoms with E-state index in [-0.39, 0.29) is 6.03 Å². The third-order valence-electron chi connectivity index (χ3n) is 2.76. The summed E-state index contributed by atoms with van der Waals surface area (Å²) in [5.41, 5.74) is 0.941. The quantitative estimate of drug-likeness (QED) is 0.693. The number of aromatic amines is 1. The first kappa shape index (κ1) is 10.0. The lowest BCUT2D eigenvalue weighted by atomic mass is 10.2. The topological polar surface area (TPSA) is 69.8 Å². The van der Waals surface area contributed by atoms with Crippen molar-refractivity contribution in [2.45, 2.75) is 38.6 Å². The summed E-state index contributed by atoms with van der Waals surface area (Å²) in [6.07, 6.45) is 6.30. The minimum Gasteiger partial charge on any atom is -0.335 e. The Hall–Kier alpha value is -1.52. The van der Waals surface area contributed by atoms with E-state index in [2.05, 4.69) is 20.8 Å². The maximum Gasteiger partial charge on any atom is 0.320 e. The van der Waals surface area contributed by atoms with Crippen LogP contribution in [0.25, 0.3) is 0 Å². The van der Waals surface area contributed by atoms with Crippen LogP contribution >= 0.6 is 0 Å². The Morgan fingerprint density at radius 2 is 2.27 bits per heavy atom. The van der Waals surface area contributed by atoms with Gasteiger partial charge >= 0.3 is 6.03 Å². The fourth-order valence-corrected chi connectivity index (χ4v) is 1.88. The highest BCUT2D eigenvalue weighted by molar-refractivity contribution is 5.89. The molecule has 0 aromatic carbocycles. The number of hydrogen-bond donors (Lipinski definition) is 3. The van der Waals surface area contributed by atoms with E-state index in [0.29, 0.717) is 11.9 Å². The fraction of sp³-hybridized carbons (Fsp3) is 0.600. The molecule has 1 aromatic heterocycles. The number of hydrogen-bond acceptors (Lipinski definition) is 2. The van der Waals surface area contributed by atoms with E-state index < -0.39 is 0 Å². The van der Waals surface area contributed by atoms with Crippen LogP contribution in [0.3, 0.4) is 0 Å². The van der Waals surface area contributed by atoms with Crippen LogP contribution in [-0.4, -0.2) is 22.3 Å². The van der Waals surface area contributed by atoms with E-state index in [4.69, 9.17) is 0 Å². The number of carbonyl (C=O) groups is 1. The average Bonchev–Trinajstić information content (AvgIpc) is 2.79. The number of nitrogens with one attached hydrogen (secondary N) is 3. The molecule has 0 radical (unpaired) electrons. The molecule has 2 rings (SSSR count). The molecule has 5 nitrogen and oxygen atoms in total. The fourth-order valence-electron chi connectivity index (χ4n) is 1.88. The van der Waals surface area contributed by atoms with E-state index in [1.165, 1.54) is 12.8 Å². The standard InChI is InChI=1S/C10H16N4O/c1-7-6-11-14-9(7)13-10(15)12-8-4-2-3-5-8/h6,8H,2-5H2,1H3,(H3,11,12,13,14,15). The number of anilines is 1. The predicted molar refractivity (Wildman–Crippen MR) is 57.7 cm³/mol. The molecule has 0 spiro atoms. The SMILES string of the molecule is Cc1cn[nH]c1NC(=O)NC1CCCC1. The maximum atomic E-state index is 11.5. The summed E-state index contributed by atoms with van der Waals surface area (Å²) < 4.78 is 0. The van der Waals surface area contributed by atoms with Crippen molar-refractivity contribution in [1.29, 1.82) is 0 Å². The Labute approximate surface area is 88.6 Å². The van der Waals surface area contributed by atoms with E-state index in [9.17, 15) is 4.79 Å². The van der Waals surface area contributed by atoms with Crippen LogP contribution in [0.5, 0.6) is 0 Å². The molecule has 0 saturated heterocycles. The van der Waals surface area contributed by atoms with Crippen molar-refractivity contribution in [3.63, 3.8) is 0 Å². The van der Waals surface area contributed by atoms with Gasteiger partial charge in [0.05, 0.1) is 6.20 Å². The molecule has 1 aliphatic rings. The Morgan fingerprint density at radius 3 is 2.87 bits per heavy atom. The molecule has 5 heteroatoms. The summed E-state index contributed by atoms with van der Waals surface area (Å²) in [7, 11) is 0. The van der Waals surface area contributed by atoms with E-state index in [1.807, 2.05) is 6.92 Å². The molecule has 0 atom stereocenters. The number of rotatable bonds is 2. The molecule has 1 aliphatic carbocycles. The van der Waals surface area contributed by atoms with Crippen LogP contribution in [0.4, 0.5) is 10.6 Å². The monoisotopic (exact) mass is 208 g/mol. The highest BCUT2D eigenvalue weighted by Crippen LogP contribution is 2.17. The molecule has 0 bridgehead atoms. The van der Waals surface area contributed by atoms with Crippen LogP contribution in [-0.2, 0) is 0 Å². The third kappa shape index (κ3) is 2.49. The number of aryl methyl sites for hydroxylation is 1. The summed E-state index contributed by atoms with van der Waals surface area (Å²) in [6, 6.07) is 0.197. The zero-order valence-electron chi connectivity index (χ0n) is 8.84. The first-order valence-electron chi connectivity index (χ1n) is 5.33. The number of carbonyl (C=O) groups excluding carboxylic acids is 1. The summed E-state index contributed by atoms with van der Waals surface area (Å²) in [5, 5.41) is 12.3. The molecule has 1 heterocycles. The number of H-pyrrole nitrogens is 1. The predicted octanol–water partition coefficient (Wildman–Crippen LogP) is 1.78. The second kappa shape index (κ2) is 4.33. The highest BCUT2D eigenvalue weighted by atomic mass is 16.2. The normalized spacial score (nSPS) is 16.6. The molecule has 0 aliphatic heterocycles. The summed E-state index contributed by atoms with van der Waals surface area (Å²) in [5.74, 6) is 0.672. The van der Waals surface area contributed by atoms with Crippen molar-refractivity contribution >= 4 is 11.8 Å².